The molecule has 2 atom stereocenters. The van der Waals surface area contributed by atoms with E-state index in [4.69, 9.17) is 27.8 Å². The number of oxazole rings is 2. The van der Waals surface area contributed by atoms with Crippen molar-refractivity contribution in [2.75, 3.05) is 13.2 Å². The van der Waals surface area contributed by atoms with Gasteiger partial charge in [-0.05, 0) is 105 Å². The van der Waals surface area contributed by atoms with E-state index >= 15 is 0 Å². The Morgan fingerprint density at radius 2 is 1.32 bits per heavy atom. The molecular formula is C47H49FN2O10. The summed E-state index contributed by atoms with van der Waals surface area (Å²) >= 11 is 0. The molecule has 0 saturated heterocycles. The van der Waals surface area contributed by atoms with E-state index in [2.05, 4.69) is 9.97 Å². The van der Waals surface area contributed by atoms with Gasteiger partial charge in [0.05, 0.1) is 49.4 Å². The van der Waals surface area contributed by atoms with Gasteiger partial charge in [-0.15, -0.1) is 0 Å². The first kappa shape index (κ1) is 43.6. The smallest absolute Gasteiger partial charge is 0.336 e. The Kier molecular flexibility index (Phi) is 15.9. The van der Waals surface area contributed by atoms with Crippen LogP contribution >= 0.6 is 0 Å². The van der Waals surface area contributed by atoms with Crippen molar-refractivity contribution < 1.29 is 52.0 Å². The molecule has 7 rings (SSSR count). The topological polar surface area (TPSA) is 164 Å². The summed E-state index contributed by atoms with van der Waals surface area (Å²) in [5.41, 5.74) is 5.86. The molecule has 4 aromatic carbocycles. The highest BCUT2D eigenvalue weighted by molar-refractivity contribution is 5.91. The summed E-state index contributed by atoms with van der Waals surface area (Å²) in [5.74, 6) is -0.547. The Labute approximate surface area is 347 Å². The molecule has 0 radical (unpaired) electrons. The van der Waals surface area contributed by atoms with Crippen molar-refractivity contribution in [3.05, 3.63) is 154 Å². The molecule has 0 bridgehead atoms. The molecule has 2 N–H and O–H groups in total. The summed E-state index contributed by atoms with van der Waals surface area (Å²) < 4.78 is 47.6. The molecule has 12 nitrogen and oxygen atoms in total. The fraction of sp³-hybridized carbons (Fsp3) is 0.319. The first-order valence-corrected chi connectivity index (χ1v) is 19.9. The van der Waals surface area contributed by atoms with E-state index < -0.39 is 11.9 Å². The molecule has 1 saturated carbocycles. The molecule has 2 aromatic heterocycles. The van der Waals surface area contributed by atoms with Gasteiger partial charge in [0.1, 0.15) is 24.4 Å². The van der Waals surface area contributed by atoms with Gasteiger partial charge in [-0.25, -0.2) is 23.9 Å². The highest BCUT2D eigenvalue weighted by Gasteiger charge is 2.25. The predicted molar refractivity (Wildman–Crippen MR) is 220 cm³/mol. The monoisotopic (exact) mass is 820 g/mol. The number of hydrogen-bond donors (Lipinski definition) is 2. The summed E-state index contributed by atoms with van der Waals surface area (Å²) in [5, 5.41) is 18.8. The van der Waals surface area contributed by atoms with Gasteiger partial charge in [0.15, 0.2) is 5.76 Å². The van der Waals surface area contributed by atoms with E-state index in [9.17, 15) is 24.2 Å². The zero-order valence-electron chi connectivity index (χ0n) is 33.7. The fourth-order valence-corrected chi connectivity index (χ4v) is 6.93. The summed E-state index contributed by atoms with van der Waals surface area (Å²) in [7, 11) is 0. The molecule has 1 aliphatic rings. The lowest BCUT2D eigenvalue weighted by molar-refractivity contribution is -0.0586. The number of nitrogens with zero attached hydrogens (tertiary/aromatic N) is 2. The van der Waals surface area contributed by atoms with Crippen LogP contribution < -0.4 is 0 Å². The quantitative estimate of drug-likeness (QED) is 0.0790. The van der Waals surface area contributed by atoms with Crippen LogP contribution in [0.4, 0.5) is 4.39 Å². The highest BCUT2D eigenvalue weighted by atomic mass is 19.1. The average molecular weight is 821 g/mol. The number of halogens is 1. The third kappa shape index (κ3) is 12.5. The number of carbonyl (C=O) groups is 2. The Morgan fingerprint density at radius 1 is 0.717 bits per heavy atom. The van der Waals surface area contributed by atoms with Crippen LogP contribution in [0, 0.1) is 19.7 Å². The van der Waals surface area contributed by atoms with Gasteiger partial charge < -0.3 is 38.0 Å². The molecule has 60 heavy (non-hydrogen) atoms. The van der Waals surface area contributed by atoms with Crippen molar-refractivity contribution >= 4 is 11.9 Å². The maximum absolute atomic E-state index is 13.1. The van der Waals surface area contributed by atoms with Crippen molar-refractivity contribution in [1.82, 2.24) is 9.97 Å². The number of aryl methyl sites for hydroxylation is 2. The molecule has 2 unspecified atom stereocenters. The Morgan fingerprint density at radius 3 is 1.97 bits per heavy atom. The second kappa shape index (κ2) is 21.9. The number of hydrogen-bond acceptors (Lipinski definition) is 10. The van der Waals surface area contributed by atoms with Crippen LogP contribution in [-0.2, 0) is 45.4 Å². The van der Waals surface area contributed by atoms with E-state index in [-0.39, 0.29) is 31.2 Å². The van der Waals surface area contributed by atoms with Gasteiger partial charge >= 0.3 is 11.9 Å². The Hall–Kier alpha value is -5.99. The molecular weight excluding hydrogens is 772 g/mol. The average Bonchev–Trinajstić information content (AvgIpc) is 3.93. The number of aromatic carboxylic acids is 2. The Balaban J connectivity index is 0.000000203. The van der Waals surface area contributed by atoms with Crippen molar-refractivity contribution in [3.63, 3.8) is 0 Å². The fourth-order valence-electron chi connectivity index (χ4n) is 6.93. The lowest BCUT2D eigenvalue weighted by Gasteiger charge is -2.29. The van der Waals surface area contributed by atoms with Gasteiger partial charge in [-0.1, -0.05) is 54.6 Å². The van der Waals surface area contributed by atoms with E-state index in [1.807, 2.05) is 42.5 Å². The molecule has 1 fully saturated rings. The largest absolute Gasteiger partial charge is 0.478 e. The number of rotatable bonds is 18. The van der Waals surface area contributed by atoms with Gasteiger partial charge in [0, 0.05) is 24.3 Å². The minimum Gasteiger partial charge on any atom is -0.478 e. The third-order valence-electron chi connectivity index (χ3n) is 9.96. The Bertz CT molecular complexity index is 2290. The molecule has 314 valence electrons. The summed E-state index contributed by atoms with van der Waals surface area (Å²) in [6, 6.07) is 26.5. The number of carboxylic acids is 2. The van der Waals surface area contributed by atoms with Crippen molar-refractivity contribution in [3.8, 4) is 22.9 Å². The predicted octanol–water partition coefficient (Wildman–Crippen LogP) is 10.0. The van der Waals surface area contributed by atoms with Gasteiger partial charge in [0.2, 0.25) is 11.8 Å². The summed E-state index contributed by atoms with van der Waals surface area (Å²) in [6.07, 6.45) is 7.56. The number of carboxylic acid groups (broad SMARTS) is 2. The summed E-state index contributed by atoms with van der Waals surface area (Å²) in [4.78, 5) is 31.6. The van der Waals surface area contributed by atoms with Crippen molar-refractivity contribution in [2.45, 2.75) is 84.6 Å². The SMILES string of the molecule is Cc1cccc(COC2CCCC(OCc3cnc(-c4ccc(F)cc4)o3)C2)c1C(=O)O.Cc1cccc(COCCCOCc2coc(-c3ccccc3)n2)c1C(=O)O. The highest BCUT2D eigenvalue weighted by Crippen LogP contribution is 2.27. The maximum Gasteiger partial charge on any atom is 0.336 e. The normalized spacial score (nSPS) is 15.0. The van der Waals surface area contributed by atoms with Crippen LogP contribution in [0.5, 0.6) is 0 Å². The molecule has 0 spiro atoms. The van der Waals surface area contributed by atoms with Gasteiger partial charge in [0.25, 0.3) is 0 Å². The summed E-state index contributed by atoms with van der Waals surface area (Å²) in [6.45, 7) is 5.80. The molecule has 6 aromatic rings. The van der Waals surface area contributed by atoms with Crippen LogP contribution in [0.1, 0.15) is 86.5 Å². The van der Waals surface area contributed by atoms with E-state index in [1.165, 1.54) is 12.1 Å². The second-order valence-electron chi connectivity index (χ2n) is 14.5. The molecule has 2 heterocycles. The van der Waals surface area contributed by atoms with Crippen LogP contribution in [-0.4, -0.2) is 57.5 Å². The molecule has 1 aliphatic carbocycles. The molecule has 0 aliphatic heterocycles. The first-order chi connectivity index (χ1) is 29.1. The third-order valence-corrected chi connectivity index (χ3v) is 9.96. The van der Waals surface area contributed by atoms with Gasteiger partial charge in [-0.2, -0.15) is 0 Å². The van der Waals surface area contributed by atoms with E-state index in [0.29, 0.717) is 78.2 Å². The van der Waals surface area contributed by atoms with Crippen LogP contribution in [0.3, 0.4) is 0 Å². The molecule has 13 heteroatoms. The van der Waals surface area contributed by atoms with Crippen molar-refractivity contribution in [1.29, 1.82) is 0 Å². The lowest BCUT2D eigenvalue weighted by Crippen LogP contribution is -2.28. The first-order valence-electron chi connectivity index (χ1n) is 19.9. The van der Waals surface area contributed by atoms with Gasteiger partial charge in [-0.3, -0.25) is 0 Å². The lowest BCUT2D eigenvalue weighted by atomic mass is 9.94. The zero-order valence-corrected chi connectivity index (χ0v) is 33.7. The number of aromatic nitrogens is 2. The van der Waals surface area contributed by atoms with E-state index in [1.54, 1.807) is 62.7 Å². The maximum atomic E-state index is 13.1. The van der Waals surface area contributed by atoms with E-state index in [0.717, 1.165) is 48.1 Å². The zero-order chi connectivity index (χ0) is 42.3. The minimum atomic E-state index is -0.932. The molecule has 0 amide bonds. The van der Waals surface area contributed by atoms with Crippen LogP contribution in [0.15, 0.2) is 112 Å². The minimum absolute atomic E-state index is 0.0143. The van der Waals surface area contributed by atoms with Crippen LogP contribution in [0.2, 0.25) is 0 Å². The second-order valence-corrected chi connectivity index (χ2v) is 14.5. The standard InChI is InChI=1S/C25H26FNO5.C22H23NO5/c1-16-4-2-5-18(23(16)25(28)29)14-30-20-6-3-7-21(12-20)31-15-22-13-27-24(32-22)17-8-10-19(26)11-9-17;1-16-7-5-10-18(20(16)22(24)25)13-26-11-6-12-27-14-19-15-28-21(23-19)17-8-3-2-4-9-17/h2,4-5,8-11,13,20-21H,3,6-7,12,14-15H2,1H3,(H,28,29);2-5,7-10,15H,6,11-14H2,1H3,(H,24,25). The van der Waals surface area contributed by atoms with Crippen molar-refractivity contribution in [2.24, 2.45) is 0 Å². The number of benzene rings is 4. The number of ether oxygens (including phenoxy) is 4. The van der Waals surface area contributed by atoms with Crippen LogP contribution in [0.25, 0.3) is 22.9 Å².